The van der Waals surface area contributed by atoms with Crippen LogP contribution in [0.15, 0.2) is 109 Å². The lowest BCUT2D eigenvalue weighted by atomic mass is 9.82. The summed E-state index contributed by atoms with van der Waals surface area (Å²) >= 11 is 0. The van der Waals surface area contributed by atoms with Crippen LogP contribution >= 0.6 is 0 Å². The van der Waals surface area contributed by atoms with Crippen molar-refractivity contribution in [1.29, 1.82) is 0 Å². The van der Waals surface area contributed by atoms with Gasteiger partial charge in [-0.3, -0.25) is 0 Å². The molecule has 1 aromatic rings. The van der Waals surface area contributed by atoms with Crippen molar-refractivity contribution in [3.05, 3.63) is 115 Å². The molecule has 0 amide bonds. The Bertz CT molecular complexity index is 1100. The number of benzene rings is 1. The van der Waals surface area contributed by atoms with Gasteiger partial charge in [0, 0.05) is 37.8 Å². The fourth-order valence-electron chi connectivity index (χ4n) is 5.13. The summed E-state index contributed by atoms with van der Waals surface area (Å²) < 4.78 is 32.0. The number of allylic oxidation sites excluding steroid dienone is 13. The zero-order valence-electron chi connectivity index (χ0n) is 28.2. The highest BCUT2D eigenvalue weighted by atomic mass is 19.1. The maximum atomic E-state index is 13.2. The van der Waals surface area contributed by atoms with Gasteiger partial charge in [0.1, 0.15) is 17.9 Å². The maximum absolute atomic E-state index is 13.2. The van der Waals surface area contributed by atoms with Gasteiger partial charge in [0.15, 0.2) is 0 Å². The Morgan fingerprint density at radius 2 is 1.68 bits per heavy atom. The molecule has 1 aromatic carbocycles. The lowest BCUT2D eigenvalue weighted by molar-refractivity contribution is -0.0288. The first kappa shape index (κ1) is 40.8. The predicted octanol–water partition coefficient (Wildman–Crippen LogP) is 10.6. The molecule has 246 valence electrons. The smallest absolute Gasteiger partial charge is 0.134 e. The molecule has 5 unspecified atom stereocenters. The van der Waals surface area contributed by atoms with Crippen LogP contribution in [0.5, 0.6) is 0 Å². The lowest BCUT2D eigenvalue weighted by Gasteiger charge is -2.54. The van der Waals surface area contributed by atoms with Crippen LogP contribution in [0.25, 0.3) is 0 Å². The summed E-state index contributed by atoms with van der Waals surface area (Å²) in [5, 5.41) is 16.4. The summed E-state index contributed by atoms with van der Waals surface area (Å²) in [5.74, 6) is 1.13. The molecule has 1 saturated heterocycles. The van der Waals surface area contributed by atoms with Gasteiger partial charge in [-0.05, 0) is 101 Å². The quantitative estimate of drug-likeness (QED) is 0.286. The summed E-state index contributed by atoms with van der Waals surface area (Å²) in [6, 6.07) is 6.94. The molecule has 4 rings (SSSR count). The highest BCUT2D eigenvalue weighted by Crippen LogP contribution is 2.40. The first-order valence-corrected chi connectivity index (χ1v) is 15.8. The summed E-state index contributed by atoms with van der Waals surface area (Å²) in [5.41, 5.74) is 2.26. The average Bonchev–Trinajstić information content (AvgIpc) is 3.28. The molecule has 1 aliphatic heterocycles. The molecular formula is C38H57F2NO3. The summed E-state index contributed by atoms with van der Waals surface area (Å²) in [4.78, 5) is 2.20. The number of rotatable bonds is 8. The molecular weight excluding hydrogens is 556 g/mol. The fraction of sp³-hybridized carbons (Fsp3) is 0.474. The number of aliphatic hydroxyl groups excluding tert-OH is 2. The van der Waals surface area contributed by atoms with Crippen LogP contribution in [0.2, 0.25) is 0 Å². The van der Waals surface area contributed by atoms with E-state index in [9.17, 15) is 13.9 Å². The van der Waals surface area contributed by atoms with Crippen molar-refractivity contribution >= 4 is 5.69 Å². The van der Waals surface area contributed by atoms with E-state index in [1.807, 2.05) is 64.2 Å². The minimum atomic E-state index is -0.223. The minimum Gasteiger partial charge on any atom is -0.512 e. The number of methoxy groups -OCH3 is 1. The molecule has 2 aliphatic carbocycles. The Morgan fingerprint density at radius 1 is 1.05 bits per heavy atom. The molecule has 0 bridgehead atoms. The zero-order chi connectivity index (χ0) is 33.5. The van der Waals surface area contributed by atoms with Gasteiger partial charge < -0.3 is 19.8 Å². The molecule has 44 heavy (non-hydrogen) atoms. The average molecular weight is 614 g/mol. The summed E-state index contributed by atoms with van der Waals surface area (Å²) in [7, 11) is 2.73. The van der Waals surface area contributed by atoms with E-state index in [1.54, 1.807) is 31.4 Å². The van der Waals surface area contributed by atoms with Crippen molar-refractivity contribution in [3.8, 4) is 0 Å². The van der Waals surface area contributed by atoms with Crippen LogP contribution < -0.4 is 4.90 Å². The maximum Gasteiger partial charge on any atom is 0.134 e. The minimum absolute atomic E-state index is 0.0285. The number of ether oxygens (including phenoxy) is 1. The van der Waals surface area contributed by atoms with Crippen LogP contribution in [0.1, 0.15) is 73.6 Å². The van der Waals surface area contributed by atoms with E-state index in [1.165, 1.54) is 23.8 Å². The molecule has 0 aromatic heterocycles. The molecule has 3 aliphatic rings. The monoisotopic (exact) mass is 613 g/mol. The number of anilines is 1. The number of aliphatic hydroxyl groups is 2. The highest BCUT2D eigenvalue weighted by Gasteiger charge is 2.45. The van der Waals surface area contributed by atoms with Gasteiger partial charge in [0.05, 0.1) is 5.76 Å². The predicted molar refractivity (Wildman–Crippen MR) is 185 cm³/mol. The van der Waals surface area contributed by atoms with Gasteiger partial charge in [0.2, 0.25) is 0 Å². The van der Waals surface area contributed by atoms with Crippen molar-refractivity contribution in [2.45, 2.75) is 85.9 Å². The van der Waals surface area contributed by atoms with Crippen LogP contribution in [0.4, 0.5) is 14.5 Å². The van der Waals surface area contributed by atoms with E-state index >= 15 is 0 Å². The van der Waals surface area contributed by atoms with E-state index in [0.29, 0.717) is 23.6 Å². The normalized spacial score (nSPS) is 22.3. The SMILES string of the molecule is C/C=C\C.C=CC(C)C1CC=CC=C1O.CC.CO.COC1C(CCCC2=CC=C(F)C=CC2)C(C)N1c1ccc(F)cc1. The van der Waals surface area contributed by atoms with Gasteiger partial charge in [-0.2, -0.15) is 0 Å². The molecule has 6 heteroatoms. The Kier molecular flexibility index (Phi) is 22.4. The summed E-state index contributed by atoms with van der Waals surface area (Å²) in [6.45, 7) is 16.0. The molecule has 2 N–H and O–H groups in total. The summed E-state index contributed by atoms with van der Waals surface area (Å²) in [6.07, 6.45) is 23.3. The molecule has 0 saturated carbocycles. The lowest BCUT2D eigenvalue weighted by Crippen LogP contribution is -2.63. The molecule has 0 spiro atoms. The molecule has 4 nitrogen and oxygen atoms in total. The van der Waals surface area contributed by atoms with Gasteiger partial charge in [-0.15, -0.1) is 6.58 Å². The molecule has 5 atom stereocenters. The number of nitrogens with zero attached hydrogens (tertiary/aromatic N) is 1. The first-order chi connectivity index (χ1) is 21.3. The molecule has 1 heterocycles. The third-order valence-corrected chi connectivity index (χ3v) is 7.75. The van der Waals surface area contributed by atoms with Crippen LogP contribution in [0.3, 0.4) is 0 Å². The number of halogens is 2. The van der Waals surface area contributed by atoms with Gasteiger partial charge >= 0.3 is 0 Å². The van der Waals surface area contributed by atoms with E-state index in [4.69, 9.17) is 9.84 Å². The Balaban J connectivity index is 0.000000807. The Morgan fingerprint density at radius 3 is 2.23 bits per heavy atom. The van der Waals surface area contributed by atoms with Crippen LogP contribution in [-0.4, -0.2) is 36.7 Å². The first-order valence-electron chi connectivity index (χ1n) is 15.8. The fourth-order valence-corrected chi connectivity index (χ4v) is 5.13. The number of hydrogen-bond acceptors (Lipinski definition) is 4. The number of hydrogen-bond donors (Lipinski definition) is 2. The second kappa shape index (κ2) is 24.1. The molecule has 0 radical (unpaired) electrons. The van der Waals surface area contributed by atoms with Crippen molar-refractivity contribution in [2.24, 2.45) is 17.8 Å². The van der Waals surface area contributed by atoms with Crippen molar-refractivity contribution < 1.29 is 23.7 Å². The zero-order valence-corrected chi connectivity index (χ0v) is 28.2. The third kappa shape index (κ3) is 13.6. The van der Waals surface area contributed by atoms with E-state index < -0.39 is 0 Å². The van der Waals surface area contributed by atoms with Gasteiger partial charge in [-0.25, -0.2) is 8.78 Å². The standard InChI is InChI=1S/C21H25F2NO.C10H14O.C4H8.C2H6.CH4O/c1-15-20(8-4-6-16-5-3-7-17(22)10-9-16)21(25-2)24(15)19-13-11-18(23)12-14-19;1-3-8(2)9-6-4-5-7-10(9)11;1-3-4-2;2*1-2/h3,7,9-15,20-21H,4-6,8H2,1-2H3;3-5,7-9,11H,1,6H2,2H3;3-4H,1-2H3;1-2H3;2H,1H3/b;;4-3-;;. The second-order valence-corrected chi connectivity index (χ2v) is 10.4. The van der Waals surface area contributed by atoms with Gasteiger partial charge in [-0.1, -0.05) is 68.9 Å². The van der Waals surface area contributed by atoms with Crippen LogP contribution in [-0.2, 0) is 4.74 Å². The Hall–Kier alpha value is -3.22. The largest absolute Gasteiger partial charge is 0.512 e. The van der Waals surface area contributed by atoms with E-state index in [0.717, 1.165) is 44.9 Å². The highest BCUT2D eigenvalue weighted by molar-refractivity contribution is 5.51. The van der Waals surface area contributed by atoms with E-state index in [-0.39, 0.29) is 23.8 Å². The van der Waals surface area contributed by atoms with E-state index in [2.05, 4.69) is 31.4 Å². The van der Waals surface area contributed by atoms with Crippen molar-refractivity contribution in [3.63, 3.8) is 0 Å². The van der Waals surface area contributed by atoms with Crippen molar-refractivity contribution in [2.75, 3.05) is 19.1 Å². The van der Waals surface area contributed by atoms with Crippen molar-refractivity contribution in [1.82, 2.24) is 0 Å². The van der Waals surface area contributed by atoms with Gasteiger partial charge in [0.25, 0.3) is 0 Å². The Labute approximate surface area is 266 Å². The second-order valence-electron chi connectivity index (χ2n) is 10.4. The van der Waals surface area contributed by atoms with Crippen LogP contribution in [0, 0.1) is 23.6 Å². The topological polar surface area (TPSA) is 52.9 Å². The third-order valence-electron chi connectivity index (χ3n) is 7.75. The molecule has 1 fully saturated rings.